The summed E-state index contributed by atoms with van der Waals surface area (Å²) in [4.78, 5) is 11.5. The van der Waals surface area contributed by atoms with E-state index >= 15 is 0 Å². The Morgan fingerprint density at radius 3 is 2.83 bits per heavy atom. The first-order valence-corrected chi connectivity index (χ1v) is 5.87. The molecule has 0 aliphatic carbocycles. The summed E-state index contributed by atoms with van der Waals surface area (Å²) in [5.74, 6) is 0.473. The van der Waals surface area contributed by atoms with Crippen molar-refractivity contribution in [3.63, 3.8) is 0 Å². The smallest absolute Gasteiger partial charge is 0.258 e. The van der Waals surface area contributed by atoms with Crippen LogP contribution in [0.15, 0.2) is 24.3 Å². The number of para-hydroxylation sites is 1. The topological polar surface area (TPSA) is 73.6 Å². The van der Waals surface area contributed by atoms with Crippen LogP contribution in [0.2, 0.25) is 0 Å². The second-order valence-corrected chi connectivity index (χ2v) is 3.95. The van der Waals surface area contributed by atoms with Gasteiger partial charge in [-0.25, -0.2) is 0 Å². The van der Waals surface area contributed by atoms with Gasteiger partial charge in [-0.15, -0.1) is 0 Å². The van der Waals surface area contributed by atoms with Crippen LogP contribution in [0.5, 0.6) is 5.75 Å². The van der Waals surface area contributed by atoms with Crippen molar-refractivity contribution in [3.8, 4) is 5.75 Å². The maximum absolute atomic E-state index is 11.5. The van der Waals surface area contributed by atoms with Crippen molar-refractivity contribution in [1.82, 2.24) is 5.32 Å². The van der Waals surface area contributed by atoms with E-state index in [2.05, 4.69) is 5.32 Å². The van der Waals surface area contributed by atoms with Crippen molar-refractivity contribution < 1.29 is 14.3 Å². The first-order chi connectivity index (χ1) is 8.67. The summed E-state index contributed by atoms with van der Waals surface area (Å²) in [6.07, 6.45) is -0.00900. The van der Waals surface area contributed by atoms with E-state index in [0.717, 1.165) is 5.56 Å². The van der Waals surface area contributed by atoms with E-state index in [9.17, 15) is 4.79 Å². The van der Waals surface area contributed by atoms with E-state index in [-0.39, 0.29) is 18.6 Å². The average molecular weight is 252 g/mol. The third-order valence-corrected chi connectivity index (χ3v) is 2.54. The van der Waals surface area contributed by atoms with Crippen molar-refractivity contribution in [1.29, 1.82) is 0 Å². The van der Waals surface area contributed by atoms with E-state index in [1.165, 1.54) is 0 Å². The van der Waals surface area contributed by atoms with Gasteiger partial charge in [0.25, 0.3) is 5.91 Å². The van der Waals surface area contributed by atoms with Gasteiger partial charge in [-0.05, 0) is 13.0 Å². The van der Waals surface area contributed by atoms with Gasteiger partial charge in [0.15, 0.2) is 6.61 Å². The summed E-state index contributed by atoms with van der Waals surface area (Å²) in [5.41, 5.74) is 6.46. The standard InChI is InChI=1S/C13H20N2O3/c1-10(17-2)8-15-13(16)9-18-12-6-4-3-5-11(12)7-14/h3-6,10H,7-9,14H2,1-2H3,(H,15,16). The minimum absolute atomic E-state index is 0.00900. The molecule has 100 valence electrons. The zero-order chi connectivity index (χ0) is 13.4. The Hall–Kier alpha value is -1.59. The molecule has 0 aromatic heterocycles. The Bertz CT molecular complexity index is 382. The highest BCUT2D eigenvalue weighted by Gasteiger charge is 2.07. The molecule has 1 atom stereocenters. The summed E-state index contributed by atoms with van der Waals surface area (Å²) >= 11 is 0. The number of amides is 1. The average Bonchev–Trinajstić information content (AvgIpc) is 2.42. The van der Waals surface area contributed by atoms with Crippen molar-refractivity contribution in [3.05, 3.63) is 29.8 Å². The molecule has 3 N–H and O–H groups in total. The Morgan fingerprint density at radius 1 is 1.44 bits per heavy atom. The van der Waals surface area contributed by atoms with Gasteiger partial charge in [-0.3, -0.25) is 4.79 Å². The molecule has 1 aromatic carbocycles. The summed E-state index contributed by atoms with van der Waals surface area (Å²) in [6, 6.07) is 7.41. The highest BCUT2D eigenvalue weighted by atomic mass is 16.5. The number of hydrogen-bond acceptors (Lipinski definition) is 4. The quantitative estimate of drug-likeness (QED) is 0.748. The second-order valence-electron chi connectivity index (χ2n) is 3.95. The lowest BCUT2D eigenvalue weighted by atomic mass is 10.2. The lowest BCUT2D eigenvalue weighted by Gasteiger charge is -2.12. The Morgan fingerprint density at radius 2 is 2.17 bits per heavy atom. The zero-order valence-electron chi connectivity index (χ0n) is 10.8. The molecule has 0 spiro atoms. The molecule has 0 saturated carbocycles. The van der Waals surface area contributed by atoms with Crippen LogP contribution in [0.3, 0.4) is 0 Å². The monoisotopic (exact) mass is 252 g/mol. The molecular weight excluding hydrogens is 232 g/mol. The second kappa shape index (κ2) is 7.68. The van der Waals surface area contributed by atoms with Crippen LogP contribution in [-0.4, -0.2) is 32.3 Å². The molecule has 1 amide bonds. The van der Waals surface area contributed by atoms with Gasteiger partial charge in [-0.1, -0.05) is 18.2 Å². The minimum atomic E-state index is -0.175. The number of hydrogen-bond donors (Lipinski definition) is 2. The van der Waals surface area contributed by atoms with Crippen LogP contribution in [0.25, 0.3) is 0 Å². The molecule has 0 radical (unpaired) electrons. The molecule has 1 aromatic rings. The normalized spacial score (nSPS) is 11.9. The molecule has 5 heteroatoms. The maximum Gasteiger partial charge on any atom is 0.258 e. The van der Waals surface area contributed by atoms with Crippen molar-refractivity contribution in [2.45, 2.75) is 19.6 Å². The van der Waals surface area contributed by atoms with Gasteiger partial charge in [-0.2, -0.15) is 0 Å². The third-order valence-electron chi connectivity index (χ3n) is 2.54. The van der Waals surface area contributed by atoms with Crippen LogP contribution in [0.4, 0.5) is 0 Å². The van der Waals surface area contributed by atoms with E-state index in [4.69, 9.17) is 15.2 Å². The van der Waals surface area contributed by atoms with Gasteiger partial charge < -0.3 is 20.5 Å². The number of carbonyl (C=O) groups is 1. The predicted octanol–water partition coefficient (Wildman–Crippen LogP) is 0.675. The predicted molar refractivity (Wildman–Crippen MR) is 69.3 cm³/mol. The third kappa shape index (κ3) is 4.73. The highest BCUT2D eigenvalue weighted by Crippen LogP contribution is 2.16. The summed E-state index contributed by atoms with van der Waals surface area (Å²) < 4.78 is 10.5. The number of rotatable bonds is 7. The fourth-order valence-corrected chi connectivity index (χ4v) is 1.35. The zero-order valence-corrected chi connectivity index (χ0v) is 10.8. The van der Waals surface area contributed by atoms with Gasteiger partial charge >= 0.3 is 0 Å². The van der Waals surface area contributed by atoms with Gasteiger partial charge in [0.1, 0.15) is 5.75 Å². The van der Waals surface area contributed by atoms with E-state index < -0.39 is 0 Å². The minimum Gasteiger partial charge on any atom is -0.483 e. The molecular formula is C13H20N2O3. The van der Waals surface area contributed by atoms with Crippen LogP contribution >= 0.6 is 0 Å². The summed E-state index contributed by atoms with van der Waals surface area (Å²) in [5, 5.41) is 2.72. The summed E-state index contributed by atoms with van der Waals surface area (Å²) in [7, 11) is 1.60. The van der Waals surface area contributed by atoms with Gasteiger partial charge in [0.05, 0.1) is 6.10 Å². The molecule has 0 fully saturated rings. The van der Waals surface area contributed by atoms with Crippen LogP contribution < -0.4 is 15.8 Å². The SMILES string of the molecule is COC(C)CNC(=O)COc1ccccc1CN. The van der Waals surface area contributed by atoms with E-state index in [0.29, 0.717) is 18.8 Å². The Kier molecular flexibility index (Phi) is 6.18. The maximum atomic E-state index is 11.5. The first kappa shape index (κ1) is 14.5. The molecule has 0 saturated heterocycles. The molecule has 0 bridgehead atoms. The van der Waals surface area contributed by atoms with Crippen LogP contribution in [0.1, 0.15) is 12.5 Å². The van der Waals surface area contributed by atoms with Crippen molar-refractivity contribution in [2.24, 2.45) is 5.73 Å². The van der Waals surface area contributed by atoms with Crippen molar-refractivity contribution >= 4 is 5.91 Å². The first-order valence-electron chi connectivity index (χ1n) is 5.87. The number of ether oxygens (including phenoxy) is 2. The van der Waals surface area contributed by atoms with Gasteiger partial charge in [0.2, 0.25) is 0 Å². The molecule has 0 heterocycles. The number of benzene rings is 1. The van der Waals surface area contributed by atoms with Crippen LogP contribution in [0, 0.1) is 0 Å². The molecule has 5 nitrogen and oxygen atoms in total. The molecule has 1 rings (SSSR count). The fourth-order valence-electron chi connectivity index (χ4n) is 1.35. The highest BCUT2D eigenvalue weighted by molar-refractivity contribution is 5.77. The Labute approximate surface area is 107 Å². The van der Waals surface area contributed by atoms with Crippen LogP contribution in [-0.2, 0) is 16.1 Å². The lowest BCUT2D eigenvalue weighted by Crippen LogP contribution is -2.34. The summed E-state index contributed by atoms with van der Waals surface area (Å²) in [6.45, 7) is 2.72. The molecule has 0 aliphatic heterocycles. The number of nitrogens with one attached hydrogen (secondary N) is 1. The Balaban J connectivity index is 2.38. The largest absolute Gasteiger partial charge is 0.483 e. The number of methoxy groups -OCH3 is 1. The fraction of sp³-hybridized carbons (Fsp3) is 0.462. The molecule has 0 aliphatic rings. The van der Waals surface area contributed by atoms with Crippen molar-refractivity contribution in [2.75, 3.05) is 20.3 Å². The number of nitrogens with two attached hydrogens (primary N) is 1. The molecule has 18 heavy (non-hydrogen) atoms. The van der Waals surface area contributed by atoms with E-state index in [1.54, 1.807) is 13.2 Å². The number of carbonyl (C=O) groups excluding carboxylic acids is 1. The van der Waals surface area contributed by atoms with Gasteiger partial charge in [0, 0.05) is 25.8 Å². The van der Waals surface area contributed by atoms with E-state index in [1.807, 2.05) is 25.1 Å². The molecule has 1 unspecified atom stereocenters. The lowest BCUT2D eigenvalue weighted by molar-refractivity contribution is -0.123.